The van der Waals surface area contributed by atoms with Gasteiger partial charge in [0, 0.05) is 25.6 Å². The molecule has 96 valence electrons. The van der Waals surface area contributed by atoms with Crippen molar-refractivity contribution in [1.82, 2.24) is 10.6 Å². The average molecular weight is 244 g/mol. The van der Waals surface area contributed by atoms with Crippen LogP contribution < -0.4 is 10.6 Å². The van der Waals surface area contributed by atoms with E-state index in [1.54, 1.807) is 0 Å². The summed E-state index contributed by atoms with van der Waals surface area (Å²) in [5.41, 5.74) is 1.32. The summed E-state index contributed by atoms with van der Waals surface area (Å²) in [6.45, 7) is 2.17. The zero-order chi connectivity index (χ0) is 12.4. The lowest BCUT2D eigenvalue weighted by Crippen LogP contribution is -2.32. The molecule has 1 saturated heterocycles. The molecule has 1 amide bonds. The lowest BCUT2D eigenvalue weighted by atomic mass is 10.1. The van der Waals surface area contributed by atoms with Gasteiger partial charge in [-0.05, 0) is 30.2 Å². The summed E-state index contributed by atoms with van der Waals surface area (Å²) in [6.07, 6.45) is 2.59. The third kappa shape index (κ3) is 2.56. The van der Waals surface area contributed by atoms with Crippen molar-refractivity contribution in [2.24, 2.45) is 11.8 Å². The van der Waals surface area contributed by atoms with Crippen LogP contribution in [0.2, 0.25) is 0 Å². The van der Waals surface area contributed by atoms with Crippen LogP contribution >= 0.6 is 0 Å². The topological polar surface area (TPSA) is 41.1 Å². The van der Waals surface area contributed by atoms with Gasteiger partial charge in [-0.3, -0.25) is 4.79 Å². The number of nitrogens with one attached hydrogen (secondary N) is 2. The first-order valence-corrected chi connectivity index (χ1v) is 6.88. The summed E-state index contributed by atoms with van der Waals surface area (Å²) in [5, 5.41) is 6.50. The number of piperidine rings is 1. The Kier molecular flexibility index (Phi) is 3.33. The number of rotatable bonds is 5. The number of hydrogen-bond acceptors (Lipinski definition) is 2. The normalized spacial score (nSPS) is 28.8. The molecule has 2 aliphatic rings. The van der Waals surface area contributed by atoms with Crippen LogP contribution in [0.5, 0.6) is 0 Å². The fraction of sp³-hybridized carbons (Fsp3) is 0.533. The fourth-order valence-corrected chi connectivity index (χ4v) is 2.99. The van der Waals surface area contributed by atoms with Crippen molar-refractivity contribution in [2.75, 3.05) is 13.1 Å². The highest BCUT2D eigenvalue weighted by molar-refractivity contribution is 5.76. The van der Waals surface area contributed by atoms with E-state index in [2.05, 4.69) is 22.8 Å². The monoisotopic (exact) mass is 244 g/mol. The zero-order valence-corrected chi connectivity index (χ0v) is 10.6. The van der Waals surface area contributed by atoms with Crippen LogP contribution in [0, 0.1) is 11.8 Å². The van der Waals surface area contributed by atoms with Gasteiger partial charge >= 0.3 is 0 Å². The van der Waals surface area contributed by atoms with Crippen molar-refractivity contribution in [3.8, 4) is 0 Å². The number of fused-ring (bicyclic) bond motifs is 1. The van der Waals surface area contributed by atoms with Crippen molar-refractivity contribution in [1.29, 1.82) is 0 Å². The molecule has 0 aromatic heterocycles. The molecule has 1 aliphatic carbocycles. The quantitative estimate of drug-likeness (QED) is 0.821. The standard InChI is InChI=1S/C15H20N2O/c18-14(17-15-12-9-16-10-13(12)15)8-4-7-11-5-2-1-3-6-11/h1-3,5-6,12-13,15-16H,4,7-10H2,(H,17,18). The summed E-state index contributed by atoms with van der Waals surface area (Å²) >= 11 is 0. The Hall–Kier alpha value is -1.35. The van der Waals surface area contributed by atoms with Crippen molar-refractivity contribution in [3.63, 3.8) is 0 Å². The lowest BCUT2D eigenvalue weighted by molar-refractivity contribution is -0.121. The highest BCUT2D eigenvalue weighted by Crippen LogP contribution is 2.41. The van der Waals surface area contributed by atoms with Gasteiger partial charge in [0.15, 0.2) is 0 Å². The van der Waals surface area contributed by atoms with Crippen LogP contribution in [0.15, 0.2) is 30.3 Å². The zero-order valence-electron chi connectivity index (χ0n) is 10.6. The molecular weight excluding hydrogens is 224 g/mol. The first-order chi connectivity index (χ1) is 8.84. The number of aryl methyl sites for hydroxylation is 1. The minimum atomic E-state index is 0.227. The van der Waals surface area contributed by atoms with Crippen LogP contribution in [0.4, 0.5) is 0 Å². The van der Waals surface area contributed by atoms with Crippen LogP contribution in [0.25, 0.3) is 0 Å². The summed E-state index contributed by atoms with van der Waals surface area (Å²) in [6, 6.07) is 10.8. The maximum absolute atomic E-state index is 11.8. The molecule has 1 aromatic rings. The van der Waals surface area contributed by atoms with Gasteiger partial charge in [0.2, 0.25) is 5.91 Å². The van der Waals surface area contributed by atoms with E-state index >= 15 is 0 Å². The molecule has 2 fully saturated rings. The van der Waals surface area contributed by atoms with E-state index in [9.17, 15) is 4.79 Å². The van der Waals surface area contributed by atoms with E-state index in [4.69, 9.17) is 0 Å². The molecule has 1 aliphatic heterocycles. The highest BCUT2D eigenvalue weighted by atomic mass is 16.1. The minimum absolute atomic E-state index is 0.227. The molecule has 3 rings (SSSR count). The maximum Gasteiger partial charge on any atom is 0.220 e. The second-order valence-electron chi connectivity index (χ2n) is 5.42. The SMILES string of the molecule is O=C(CCCc1ccccc1)NC1C2CNCC21. The number of amides is 1. The van der Waals surface area contributed by atoms with Gasteiger partial charge in [0.25, 0.3) is 0 Å². The molecule has 3 heteroatoms. The van der Waals surface area contributed by atoms with Gasteiger partial charge < -0.3 is 10.6 Å². The number of benzene rings is 1. The summed E-state index contributed by atoms with van der Waals surface area (Å²) < 4.78 is 0. The molecule has 2 atom stereocenters. The predicted octanol–water partition coefficient (Wildman–Crippen LogP) is 1.34. The van der Waals surface area contributed by atoms with Crippen LogP contribution in [0.1, 0.15) is 18.4 Å². The molecular formula is C15H20N2O. The van der Waals surface area contributed by atoms with E-state index in [0.717, 1.165) is 25.9 Å². The Morgan fingerprint density at radius 2 is 1.94 bits per heavy atom. The Labute approximate surface area is 108 Å². The van der Waals surface area contributed by atoms with Gasteiger partial charge in [-0.1, -0.05) is 30.3 Å². The van der Waals surface area contributed by atoms with E-state index in [-0.39, 0.29) is 5.91 Å². The van der Waals surface area contributed by atoms with Crippen molar-refractivity contribution in [2.45, 2.75) is 25.3 Å². The Morgan fingerprint density at radius 1 is 1.22 bits per heavy atom. The molecule has 2 unspecified atom stereocenters. The largest absolute Gasteiger partial charge is 0.353 e. The number of carbonyl (C=O) groups excluding carboxylic acids is 1. The van der Waals surface area contributed by atoms with Gasteiger partial charge in [-0.15, -0.1) is 0 Å². The first kappa shape index (κ1) is 11.7. The average Bonchev–Trinajstić information content (AvgIpc) is 2.84. The van der Waals surface area contributed by atoms with Crippen LogP contribution in [-0.2, 0) is 11.2 Å². The second kappa shape index (κ2) is 5.11. The molecule has 2 N–H and O–H groups in total. The maximum atomic E-state index is 11.8. The van der Waals surface area contributed by atoms with Gasteiger partial charge in [0.05, 0.1) is 0 Å². The summed E-state index contributed by atoms with van der Waals surface area (Å²) in [7, 11) is 0. The van der Waals surface area contributed by atoms with E-state index in [0.29, 0.717) is 24.3 Å². The molecule has 1 aromatic carbocycles. The van der Waals surface area contributed by atoms with Crippen LogP contribution in [-0.4, -0.2) is 25.0 Å². The Balaban J connectivity index is 1.35. The minimum Gasteiger partial charge on any atom is -0.353 e. The Bertz CT molecular complexity index is 408. The van der Waals surface area contributed by atoms with E-state index in [1.165, 1.54) is 5.56 Å². The van der Waals surface area contributed by atoms with E-state index < -0.39 is 0 Å². The molecule has 1 heterocycles. The fourth-order valence-electron chi connectivity index (χ4n) is 2.99. The molecule has 3 nitrogen and oxygen atoms in total. The second-order valence-corrected chi connectivity index (χ2v) is 5.42. The number of carbonyl (C=O) groups is 1. The predicted molar refractivity (Wildman–Crippen MR) is 71.2 cm³/mol. The van der Waals surface area contributed by atoms with Crippen molar-refractivity contribution >= 4 is 5.91 Å². The third-order valence-electron chi connectivity index (χ3n) is 4.13. The van der Waals surface area contributed by atoms with Gasteiger partial charge in [0.1, 0.15) is 0 Å². The molecule has 0 radical (unpaired) electrons. The molecule has 18 heavy (non-hydrogen) atoms. The van der Waals surface area contributed by atoms with Gasteiger partial charge in [-0.25, -0.2) is 0 Å². The highest BCUT2D eigenvalue weighted by Gasteiger charge is 2.53. The number of hydrogen-bond donors (Lipinski definition) is 2. The third-order valence-corrected chi connectivity index (χ3v) is 4.13. The van der Waals surface area contributed by atoms with Crippen LogP contribution in [0.3, 0.4) is 0 Å². The summed E-state index contributed by atoms with van der Waals surface area (Å²) in [4.78, 5) is 11.8. The molecule has 1 saturated carbocycles. The molecule has 0 spiro atoms. The first-order valence-electron chi connectivity index (χ1n) is 6.88. The van der Waals surface area contributed by atoms with E-state index in [1.807, 2.05) is 18.2 Å². The van der Waals surface area contributed by atoms with Crippen molar-refractivity contribution in [3.05, 3.63) is 35.9 Å². The van der Waals surface area contributed by atoms with Crippen molar-refractivity contribution < 1.29 is 4.79 Å². The lowest BCUT2D eigenvalue weighted by Gasteiger charge is -2.07. The van der Waals surface area contributed by atoms with Gasteiger partial charge in [-0.2, -0.15) is 0 Å². The molecule has 0 bridgehead atoms. The Morgan fingerprint density at radius 3 is 2.67 bits per heavy atom. The summed E-state index contributed by atoms with van der Waals surface area (Å²) in [5.74, 6) is 1.65. The smallest absolute Gasteiger partial charge is 0.220 e.